The monoisotopic (exact) mass is 333 g/mol. The summed E-state index contributed by atoms with van der Waals surface area (Å²) in [4.78, 5) is 16.3. The summed E-state index contributed by atoms with van der Waals surface area (Å²) in [5, 5.41) is 4.12. The number of nitrogens with zero attached hydrogens (tertiary/aromatic N) is 3. The van der Waals surface area contributed by atoms with Crippen molar-refractivity contribution in [3.05, 3.63) is 84.0 Å². The van der Waals surface area contributed by atoms with Crippen molar-refractivity contribution in [3.8, 4) is 5.75 Å². The van der Waals surface area contributed by atoms with Crippen LogP contribution in [0.1, 0.15) is 28.4 Å². The number of rotatable bonds is 7. The van der Waals surface area contributed by atoms with Crippen LogP contribution in [0.15, 0.2) is 67.3 Å². The molecule has 2 aromatic heterocycles. The Bertz CT molecular complexity index is 869. The first-order valence-corrected chi connectivity index (χ1v) is 8.12. The lowest BCUT2D eigenvalue weighted by molar-refractivity contribution is 0.104. The van der Waals surface area contributed by atoms with E-state index in [1.54, 1.807) is 41.6 Å². The number of carbonyl (C=O) groups excluding carboxylic acids is 1. The zero-order valence-electron chi connectivity index (χ0n) is 14.0. The summed E-state index contributed by atoms with van der Waals surface area (Å²) in [5.74, 6) is 0.640. The molecule has 0 aliphatic rings. The van der Waals surface area contributed by atoms with Gasteiger partial charge in [-0.05, 0) is 31.2 Å². The Morgan fingerprint density at radius 2 is 2.08 bits per heavy atom. The van der Waals surface area contributed by atoms with E-state index in [4.69, 9.17) is 4.74 Å². The van der Waals surface area contributed by atoms with Crippen LogP contribution in [-0.2, 0) is 13.2 Å². The molecule has 2 heterocycles. The number of ether oxygens (including phenoxy) is 1. The third-order valence-electron chi connectivity index (χ3n) is 3.69. The molecule has 0 spiro atoms. The molecule has 1 aromatic carbocycles. The molecule has 3 rings (SSSR count). The van der Waals surface area contributed by atoms with Crippen molar-refractivity contribution in [2.75, 3.05) is 0 Å². The summed E-state index contributed by atoms with van der Waals surface area (Å²) in [6.45, 7) is 3.14. The third kappa shape index (κ3) is 4.41. The van der Waals surface area contributed by atoms with Gasteiger partial charge < -0.3 is 4.74 Å². The molecule has 0 N–H and O–H groups in total. The Hall–Kier alpha value is -3.21. The Labute approximate surface area is 146 Å². The number of para-hydroxylation sites is 1. The van der Waals surface area contributed by atoms with Gasteiger partial charge in [-0.1, -0.05) is 24.3 Å². The number of aryl methyl sites for hydroxylation is 1. The maximum absolute atomic E-state index is 12.2. The third-order valence-corrected chi connectivity index (χ3v) is 3.69. The van der Waals surface area contributed by atoms with Crippen LogP contribution in [-0.4, -0.2) is 20.5 Å². The fraction of sp³-hybridized carbons (Fsp3) is 0.150. The molecule has 0 unspecified atom stereocenters. The molecule has 0 aliphatic carbocycles. The maximum Gasteiger partial charge on any atom is 0.189 e. The number of ketones is 1. The summed E-state index contributed by atoms with van der Waals surface area (Å²) >= 11 is 0. The van der Waals surface area contributed by atoms with Gasteiger partial charge in [0.25, 0.3) is 0 Å². The second-order valence-corrected chi connectivity index (χ2v) is 5.47. The van der Waals surface area contributed by atoms with E-state index in [2.05, 4.69) is 10.1 Å². The molecule has 126 valence electrons. The molecule has 0 atom stereocenters. The fourth-order valence-electron chi connectivity index (χ4n) is 2.32. The fourth-order valence-corrected chi connectivity index (χ4v) is 2.32. The lowest BCUT2D eigenvalue weighted by Gasteiger charge is -2.08. The van der Waals surface area contributed by atoms with E-state index in [1.807, 2.05) is 43.3 Å². The van der Waals surface area contributed by atoms with Crippen molar-refractivity contribution >= 4 is 11.9 Å². The van der Waals surface area contributed by atoms with Crippen molar-refractivity contribution < 1.29 is 9.53 Å². The van der Waals surface area contributed by atoms with Gasteiger partial charge in [0.15, 0.2) is 5.78 Å². The largest absolute Gasteiger partial charge is 0.488 e. The van der Waals surface area contributed by atoms with Gasteiger partial charge in [-0.3, -0.25) is 14.5 Å². The molecular weight excluding hydrogens is 314 g/mol. The van der Waals surface area contributed by atoms with Crippen molar-refractivity contribution in [1.29, 1.82) is 0 Å². The van der Waals surface area contributed by atoms with E-state index < -0.39 is 0 Å². The molecule has 5 nitrogen and oxygen atoms in total. The average molecular weight is 333 g/mol. The molecule has 0 saturated heterocycles. The lowest BCUT2D eigenvalue weighted by Crippen LogP contribution is -1.97. The van der Waals surface area contributed by atoms with Crippen molar-refractivity contribution in [1.82, 2.24) is 14.8 Å². The standard InChI is InChI=1S/C20H19N3O2/c1-2-23-14-18(13-22-23)19(24)10-9-17-7-3-4-8-20(17)25-15-16-6-5-11-21-12-16/h3-14H,2,15H2,1H3. The molecule has 0 fully saturated rings. The minimum Gasteiger partial charge on any atom is -0.488 e. The van der Waals surface area contributed by atoms with Gasteiger partial charge in [-0.2, -0.15) is 5.10 Å². The second-order valence-electron chi connectivity index (χ2n) is 5.47. The first kappa shape index (κ1) is 16.6. The molecule has 0 radical (unpaired) electrons. The molecule has 0 amide bonds. The number of hydrogen-bond acceptors (Lipinski definition) is 4. The molecule has 0 saturated carbocycles. The maximum atomic E-state index is 12.2. The van der Waals surface area contributed by atoms with E-state index in [-0.39, 0.29) is 5.78 Å². The smallest absolute Gasteiger partial charge is 0.189 e. The molecule has 0 aliphatic heterocycles. The summed E-state index contributed by atoms with van der Waals surface area (Å²) in [7, 11) is 0. The number of carbonyl (C=O) groups is 1. The molecular formula is C20H19N3O2. The first-order chi connectivity index (χ1) is 12.3. The van der Waals surface area contributed by atoms with Gasteiger partial charge in [-0.25, -0.2) is 0 Å². The highest BCUT2D eigenvalue weighted by Gasteiger charge is 2.06. The molecule has 3 aromatic rings. The zero-order chi connectivity index (χ0) is 17.5. The van der Waals surface area contributed by atoms with Crippen molar-refractivity contribution in [2.24, 2.45) is 0 Å². The van der Waals surface area contributed by atoms with Gasteiger partial charge in [0, 0.05) is 36.3 Å². The van der Waals surface area contributed by atoms with E-state index >= 15 is 0 Å². The van der Waals surface area contributed by atoms with E-state index in [0.717, 1.165) is 23.4 Å². The van der Waals surface area contributed by atoms with E-state index in [0.29, 0.717) is 12.2 Å². The van der Waals surface area contributed by atoms with Crippen molar-refractivity contribution in [3.63, 3.8) is 0 Å². The van der Waals surface area contributed by atoms with Gasteiger partial charge >= 0.3 is 0 Å². The van der Waals surface area contributed by atoms with Crippen LogP contribution in [0.4, 0.5) is 0 Å². The number of aromatic nitrogens is 3. The Morgan fingerprint density at radius 1 is 1.20 bits per heavy atom. The molecule has 0 bridgehead atoms. The van der Waals surface area contributed by atoms with E-state index in [1.165, 1.54) is 0 Å². The zero-order valence-corrected chi connectivity index (χ0v) is 14.0. The predicted molar refractivity (Wildman–Crippen MR) is 96.3 cm³/mol. The lowest BCUT2D eigenvalue weighted by atomic mass is 10.1. The van der Waals surface area contributed by atoms with Gasteiger partial charge in [-0.15, -0.1) is 0 Å². The number of benzene rings is 1. The Kier molecular flexibility index (Phi) is 5.36. The average Bonchev–Trinajstić information content (AvgIpc) is 3.15. The molecule has 5 heteroatoms. The summed E-state index contributed by atoms with van der Waals surface area (Å²) in [6.07, 6.45) is 10.1. The number of pyridine rings is 1. The first-order valence-electron chi connectivity index (χ1n) is 8.12. The van der Waals surface area contributed by atoms with Crippen LogP contribution in [0.3, 0.4) is 0 Å². The van der Waals surface area contributed by atoms with Crippen LogP contribution in [0.2, 0.25) is 0 Å². The highest BCUT2D eigenvalue weighted by atomic mass is 16.5. The van der Waals surface area contributed by atoms with Crippen LogP contribution in [0, 0.1) is 0 Å². The minimum absolute atomic E-state index is 0.0817. The minimum atomic E-state index is -0.0817. The van der Waals surface area contributed by atoms with Gasteiger partial charge in [0.05, 0.1) is 11.8 Å². The number of allylic oxidation sites excluding steroid dienone is 1. The van der Waals surface area contributed by atoms with Crippen LogP contribution >= 0.6 is 0 Å². The van der Waals surface area contributed by atoms with E-state index in [9.17, 15) is 4.79 Å². The predicted octanol–water partition coefficient (Wildman–Crippen LogP) is 3.77. The van der Waals surface area contributed by atoms with Crippen molar-refractivity contribution in [2.45, 2.75) is 20.1 Å². The van der Waals surface area contributed by atoms with Crippen LogP contribution < -0.4 is 4.74 Å². The normalized spacial score (nSPS) is 10.9. The summed E-state index contributed by atoms with van der Waals surface area (Å²) in [5.41, 5.74) is 2.42. The Morgan fingerprint density at radius 3 is 2.84 bits per heavy atom. The Balaban J connectivity index is 1.70. The highest BCUT2D eigenvalue weighted by molar-refractivity contribution is 6.06. The second kappa shape index (κ2) is 8.06. The van der Waals surface area contributed by atoms with Crippen LogP contribution in [0.25, 0.3) is 6.08 Å². The highest BCUT2D eigenvalue weighted by Crippen LogP contribution is 2.21. The van der Waals surface area contributed by atoms with Gasteiger partial charge in [0.1, 0.15) is 12.4 Å². The quantitative estimate of drug-likeness (QED) is 0.488. The SMILES string of the molecule is CCn1cc(C(=O)C=Cc2ccccc2OCc2cccnc2)cn1. The van der Waals surface area contributed by atoms with Crippen LogP contribution in [0.5, 0.6) is 5.75 Å². The summed E-state index contributed by atoms with van der Waals surface area (Å²) < 4.78 is 7.59. The summed E-state index contributed by atoms with van der Waals surface area (Å²) in [6, 6.07) is 11.5. The number of hydrogen-bond donors (Lipinski definition) is 0. The molecule has 25 heavy (non-hydrogen) atoms. The van der Waals surface area contributed by atoms with Gasteiger partial charge in [0.2, 0.25) is 0 Å². The topological polar surface area (TPSA) is 57.0 Å².